The van der Waals surface area contributed by atoms with Crippen LogP contribution in [0.25, 0.3) is 0 Å². The lowest BCUT2D eigenvalue weighted by Crippen LogP contribution is -2.45. The van der Waals surface area contributed by atoms with E-state index < -0.39 is 0 Å². The van der Waals surface area contributed by atoms with Crippen LogP contribution in [0.15, 0.2) is 30.3 Å². The van der Waals surface area contributed by atoms with E-state index in [0.717, 1.165) is 18.4 Å². The molecular weight excluding hydrogens is 248 g/mol. The second-order valence-corrected chi connectivity index (χ2v) is 5.81. The van der Waals surface area contributed by atoms with E-state index in [4.69, 9.17) is 0 Å². The van der Waals surface area contributed by atoms with Crippen LogP contribution in [0.2, 0.25) is 0 Å². The maximum Gasteiger partial charge on any atom is 0.245 e. The van der Waals surface area contributed by atoms with E-state index in [0.29, 0.717) is 5.92 Å². The molecule has 0 spiro atoms. The van der Waals surface area contributed by atoms with Crippen molar-refractivity contribution in [2.24, 2.45) is 5.92 Å². The van der Waals surface area contributed by atoms with E-state index in [2.05, 4.69) is 37.9 Å². The molecule has 1 amide bonds. The Bertz CT molecular complexity index is 446. The number of hydrogen-bond acceptors (Lipinski definition) is 2. The lowest BCUT2D eigenvalue weighted by molar-refractivity contribution is -0.133. The summed E-state index contributed by atoms with van der Waals surface area (Å²) < 4.78 is 0. The number of benzene rings is 1. The van der Waals surface area contributed by atoms with Crippen molar-refractivity contribution in [2.75, 3.05) is 0 Å². The Hall–Kier alpha value is -1.35. The number of hydrogen-bond donors (Lipinski definition) is 1. The summed E-state index contributed by atoms with van der Waals surface area (Å²) in [6.07, 6.45) is 2.18. The van der Waals surface area contributed by atoms with Crippen molar-refractivity contribution in [3.05, 3.63) is 35.9 Å². The summed E-state index contributed by atoms with van der Waals surface area (Å²) in [6.45, 7) is 8.71. The molecule has 1 aliphatic rings. The van der Waals surface area contributed by atoms with Crippen LogP contribution in [0.5, 0.6) is 0 Å². The number of amides is 1. The highest BCUT2D eigenvalue weighted by atomic mass is 16.2. The molecule has 110 valence electrons. The predicted molar refractivity (Wildman–Crippen MR) is 82.2 cm³/mol. The number of nitrogens with one attached hydrogen (secondary N) is 1. The SMILES string of the molecule is CCC(C)C(C)N1C(=O)C(c2ccccc2)NC1CC. The van der Waals surface area contributed by atoms with Gasteiger partial charge >= 0.3 is 0 Å². The topological polar surface area (TPSA) is 32.3 Å². The Kier molecular flexibility index (Phi) is 4.81. The smallest absolute Gasteiger partial charge is 0.245 e. The Balaban J connectivity index is 2.23. The molecule has 1 aliphatic heterocycles. The van der Waals surface area contributed by atoms with Gasteiger partial charge in [-0.2, -0.15) is 0 Å². The molecule has 1 aromatic carbocycles. The Labute approximate surface area is 122 Å². The van der Waals surface area contributed by atoms with Crippen molar-refractivity contribution in [2.45, 2.75) is 58.8 Å². The third-order valence-corrected chi connectivity index (χ3v) is 4.62. The van der Waals surface area contributed by atoms with Crippen molar-refractivity contribution < 1.29 is 4.79 Å². The molecule has 0 radical (unpaired) electrons. The van der Waals surface area contributed by atoms with Crippen molar-refractivity contribution in [1.29, 1.82) is 0 Å². The summed E-state index contributed by atoms with van der Waals surface area (Å²) in [4.78, 5) is 14.9. The average Bonchev–Trinajstić information content (AvgIpc) is 2.83. The van der Waals surface area contributed by atoms with Crippen molar-refractivity contribution in [3.63, 3.8) is 0 Å². The monoisotopic (exact) mass is 274 g/mol. The van der Waals surface area contributed by atoms with Crippen LogP contribution in [0.3, 0.4) is 0 Å². The lowest BCUT2D eigenvalue weighted by Gasteiger charge is -2.33. The Morgan fingerprint density at radius 2 is 1.85 bits per heavy atom. The van der Waals surface area contributed by atoms with E-state index in [-0.39, 0.29) is 24.2 Å². The second kappa shape index (κ2) is 6.40. The average molecular weight is 274 g/mol. The summed E-state index contributed by atoms with van der Waals surface area (Å²) in [5.41, 5.74) is 1.06. The largest absolute Gasteiger partial charge is 0.323 e. The van der Waals surface area contributed by atoms with Gasteiger partial charge in [0.2, 0.25) is 5.91 Å². The first-order chi connectivity index (χ1) is 9.60. The van der Waals surface area contributed by atoms with E-state index in [1.807, 2.05) is 30.3 Å². The van der Waals surface area contributed by atoms with Gasteiger partial charge in [-0.3, -0.25) is 10.1 Å². The fourth-order valence-electron chi connectivity index (χ4n) is 2.95. The number of carbonyl (C=O) groups excluding carboxylic acids is 1. The fraction of sp³-hybridized carbons (Fsp3) is 0.588. The standard InChI is InChI=1S/C17H26N2O/c1-5-12(3)13(4)19-15(6-2)18-16(17(19)20)14-10-8-7-9-11-14/h7-13,15-16,18H,5-6H2,1-4H3. The Morgan fingerprint density at radius 1 is 1.20 bits per heavy atom. The summed E-state index contributed by atoms with van der Waals surface area (Å²) in [6, 6.07) is 10.1. The van der Waals surface area contributed by atoms with E-state index in [1.165, 1.54) is 0 Å². The van der Waals surface area contributed by atoms with Crippen LogP contribution in [-0.2, 0) is 4.79 Å². The quantitative estimate of drug-likeness (QED) is 0.893. The van der Waals surface area contributed by atoms with Crippen LogP contribution < -0.4 is 5.32 Å². The first kappa shape index (κ1) is 15.0. The summed E-state index contributed by atoms with van der Waals surface area (Å²) in [5.74, 6) is 0.736. The maximum atomic E-state index is 12.8. The van der Waals surface area contributed by atoms with Crippen LogP contribution in [0, 0.1) is 5.92 Å². The fourth-order valence-corrected chi connectivity index (χ4v) is 2.95. The van der Waals surface area contributed by atoms with Crippen LogP contribution in [0.4, 0.5) is 0 Å². The molecule has 4 unspecified atom stereocenters. The molecule has 0 aromatic heterocycles. The predicted octanol–water partition coefficient (Wildman–Crippen LogP) is 3.33. The molecule has 1 aromatic rings. The van der Waals surface area contributed by atoms with Gasteiger partial charge in [0, 0.05) is 6.04 Å². The molecule has 1 fully saturated rings. The van der Waals surface area contributed by atoms with Gasteiger partial charge in [0.25, 0.3) is 0 Å². The molecule has 2 rings (SSSR count). The first-order valence-electron chi connectivity index (χ1n) is 7.73. The van der Waals surface area contributed by atoms with Crippen molar-refractivity contribution in [3.8, 4) is 0 Å². The van der Waals surface area contributed by atoms with Crippen molar-refractivity contribution >= 4 is 5.91 Å². The summed E-state index contributed by atoms with van der Waals surface area (Å²) in [7, 11) is 0. The van der Waals surface area contributed by atoms with Crippen LogP contribution >= 0.6 is 0 Å². The minimum Gasteiger partial charge on any atom is -0.323 e. The molecule has 1 saturated heterocycles. The highest BCUT2D eigenvalue weighted by Gasteiger charge is 2.41. The molecule has 0 saturated carbocycles. The Morgan fingerprint density at radius 3 is 2.40 bits per heavy atom. The molecule has 3 nitrogen and oxygen atoms in total. The van der Waals surface area contributed by atoms with Gasteiger partial charge in [0.05, 0.1) is 6.17 Å². The van der Waals surface area contributed by atoms with Crippen LogP contribution in [-0.4, -0.2) is 23.0 Å². The minimum atomic E-state index is -0.187. The van der Waals surface area contributed by atoms with E-state index in [1.54, 1.807) is 0 Å². The number of nitrogens with zero attached hydrogens (tertiary/aromatic N) is 1. The summed E-state index contributed by atoms with van der Waals surface area (Å²) in [5, 5.41) is 3.49. The zero-order valence-corrected chi connectivity index (χ0v) is 13.0. The van der Waals surface area contributed by atoms with E-state index in [9.17, 15) is 4.79 Å². The molecule has 3 heteroatoms. The molecule has 20 heavy (non-hydrogen) atoms. The van der Waals surface area contributed by atoms with Gasteiger partial charge in [-0.05, 0) is 24.8 Å². The van der Waals surface area contributed by atoms with Gasteiger partial charge in [0.15, 0.2) is 0 Å². The van der Waals surface area contributed by atoms with Gasteiger partial charge in [0.1, 0.15) is 6.04 Å². The third kappa shape index (κ3) is 2.73. The van der Waals surface area contributed by atoms with Crippen LogP contribution in [0.1, 0.15) is 52.1 Å². The van der Waals surface area contributed by atoms with Gasteiger partial charge < -0.3 is 4.90 Å². The highest BCUT2D eigenvalue weighted by Crippen LogP contribution is 2.29. The molecule has 4 atom stereocenters. The minimum absolute atomic E-state index is 0.150. The zero-order chi connectivity index (χ0) is 14.7. The molecule has 1 heterocycles. The van der Waals surface area contributed by atoms with E-state index >= 15 is 0 Å². The maximum absolute atomic E-state index is 12.8. The van der Waals surface area contributed by atoms with Gasteiger partial charge in [-0.1, -0.05) is 57.5 Å². The zero-order valence-electron chi connectivity index (χ0n) is 13.0. The third-order valence-electron chi connectivity index (χ3n) is 4.62. The van der Waals surface area contributed by atoms with Gasteiger partial charge in [-0.15, -0.1) is 0 Å². The second-order valence-electron chi connectivity index (χ2n) is 5.81. The molecular formula is C17H26N2O. The lowest BCUT2D eigenvalue weighted by atomic mass is 9.98. The molecule has 1 N–H and O–H groups in total. The van der Waals surface area contributed by atoms with Gasteiger partial charge in [-0.25, -0.2) is 0 Å². The highest BCUT2D eigenvalue weighted by molar-refractivity contribution is 5.86. The summed E-state index contributed by atoms with van der Waals surface area (Å²) >= 11 is 0. The normalized spacial score (nSPS) is 25.8. The number of carbonyl (C=O) groups is 1. The molecule has 0 aliphatic carbocycles. The van der Waals surface area contributed by atoms with Crippen molar-refractivity contribution in [1.82, 2.24) is 10.2 Å². The molecule has 0 bridgehead atoms. The first-order valence-corrected chi connectivity index (χ1v) is 7.73. The number of rotatable bonds is 5.